The molecule has 7 heteroatoms. The van der Waals surface area contributed by atoms with Gasteiger partial charge in [-0.15, -0.1) is 0 Å². The van der Waals surface area contributed by atoms with Gasteiger partial charge in [-0.25, -0.2) is 13.1 Å². The van der Waals surface area contributed by atoms with Crippen molar-refractivity contribution in [1.82, 2.24) is 4.72 Å². The molecule has 0 aromatic rings. The number of esters is 1. The first-order valence-corrected chi connectivity index (χ1v) is 5.20. The van der Waals surface area contributed by atoms with Crippen LogP contribution in [0.15, 0.2) is 0 Å². The van der Waals surface area contributed by atoms with E-state index < -0.39 is 16.0 Å². The van der Waals surface area contributed by atoms with Gasteiger partial charge < -0.3 is 9.47 Å². The Morgan fingerprint density at radius 1 is 1.38 bits per heavy atom. The lowest BCUT2D eigenvalue weighted by Crippen LogP contribution is -2.33. The Balaban J connectivity index is 3.83. The van der Waals surface area contributed by atoms with Crippen LogP contribution in [-0.2, 0) is 24.3 Å². The Hall–Kier alpha value is -0.660. The first kappa shape index (κ1) is 12.3. The Morgan fingerprint density at radius 3 is 2.46 bits per heavy atom. The average molecular weight is 211 g/mol. The first-order chi connectivity index (χ1) is 6.02. The maximum absolute atomic E-state index is 11.0. The molecule has 13 heavy (non-hydrogen) atoms. The van der Waals surface area contributed by atoms with Crippen LogP contribution in [0.3, 0.4) is 0 Å². The second-order valence-corrected chi connectivity index (χ2v) is 4.14. The molecule has 0 aromatic heterocycles. The van der Waals surface area contributed by atoms with Crippen molar-refractivity contribution in [2.45, 2.75) is 0 Å². The van der Waals surface area contributed by atoms with Crippen molar-refractivity contribution in [1.29, 1.82) is 0 Å². The van der Waals surface area contributed by atoms with Gasteiger partial charge in [-0.2, -0.15) is 0 Å². The van der Waals surface area contributed by atoms with E-state index in [-0.39, 0.29) is 18.9 Å². The molecule has 0 fully saturated rings. The summed E-state index contributed by atoms with van der Waals surface area (Å²) >= 11 is 0. The van der Waals surface area contributed by atoms with Gasteiger partial charge in [0.2, 0.25) is 10.0 Å². The summed E-state index contributed by atoms with van der Waals surface area (Å²) in [7, 11) is -0.840. The third kappa shape index (κ3) is 6.50. The van der Waals surface area contributed by atoms with Crippen molar-refractivity contribution < 1.29 is 22.7 Å². The summed E-state index contributed by atoms with van der Waals surface area (Å²) in [6, 6.07) is 0. The summed E-state index contributed by atoms with van der Waals surface area (Å²) in [5, 5.41) is 0. The highest BCUT2D eigenvalue weighted by molar-refractivity contribution is 7.89. The molecule has 6 nitrogen and oxygen atoms in total. The van der Waals surface area contributed by atoms with E-state index in [0.717, 1.165) is 0 Å². The molecule has 0 aliphatic heterocycles. The molecular weight excluding hydrogens is 198 g/mol. The first-order valence-electron chi connectivity index (χ1n) is 3.55. The van der Waals surface area contributed by atoms with Gasteiger partial charge in [0, 0.05) is 7.11 Å². The molecule has 0 atom stereocenters. The fourth-order valence-electron chi connectivity index (χ4n) is 0.506. The molecule has 0 radical (unpaired) electrons. The Bertz CT molecular complexity index is 248. The van der Waals surface area contributed by atoms with Crippen molar-refractivity contribution in [3.63, 3.8) is 0 Å². The fraction of sp³-hybridized carbons (Fsp3) is 0.833. The number of nitrogens with one attached hydrogen (secondary N) is 1. The molecule has 0 heterocycles. The second kappa shape index (κ2) is 5.90. The molecule has 0 rings (SSSR count). The molecule has 0 saturated carbocycles. The van der Waals surface area contributed by atoms with Crippen LogP contribution in [0.25, 0.3) is 0 Å². The van der Waals surface area contributed by atoms with Gasteiger partial charge in [0.25, 0.3) is 0 Å². The molecule has 0 aliphatic carbocycles. The van der Waals surface area contributed by atoms with E-state index >= 15 is 0 Å². The van der Waals surface area contributed by atoms with Crippen molar-refractivity contribution in [2.75, 3.05) is 33.1 Å². The number of hydrogen-bond donors (Lipinski definition) is 1. The van der Waals surface area contributed by atoms with Crippen LogP contribution < -0.4 is 4.72 Å². The van der Waals surface area contributed by atoms with Gasteiger partial charge >= 0.3 is 5.97 Å². The van der Waals surface area contributed by atoms with Crippen LogP contribution in [0.2, 0.25) is 0 Å². The topological polar surface area (TPSA) is 81.7 Å². The van der Waals surface area contributed by atoms with Crippen LogP contribution in [0.5, 0.6) is 0 Å². The van der Waals surface area contributed by atoms with E-state index in [1.54, 1.807) is 0 Å². The Morgan fingerprint density at radius 2 is 2.00 bits per heavy atom. The fourth-order valence-corrected chi connectivity index (χ4v) is 1.37. The molecule has 0 aromatic carbocycles. The van der Waals surface area contributed by atoms with Crippen LogP contribution in [0, 0.1) is 0 Å². The van der Waals surface area contributed by atoms with Gasteiger partial charge in [-0.05, 0) is 0 Å². The Labute approximate surface area is 77.3 Å². The van der Waals surface area contributed by atoms with E-state index in [1.165, 1.54) is 14.2 Å². The number of carbonyl (C=O) groups excluding carboxylic acids is 1. The molecule has 0 unspecified atom stereocenters. The van der Waals surface area contributed by atoms with E-state index in [0.29, 0.717) is 0 Å². The monoisotopic (exact) mass is 211 g/mol. The quantitative estimate of drug-likeness (QED) is 0.554. The lowest BCUT2D eigenvalue weighted by Gasteiger charge is -2.04. The summed E-state index contributed by atoms with van der Waals surface area (Å²) in [5.41, 5.74) is 0. The van der Waals surface area contributed by atoms with E-state index in [4.69, 9.17) is 0 Å². The number of sulfonamides is 1. The predicted molar refractivity (Wildman–Crippen MR) is 45.7 cm³/mol. The van der Waals surface area contributed by atoms with Crippen LogP contribution in [0.1, 0.15) is 0 Å². The molecule has 1 N–H and O–H groups in total. The van der Waals surface area contributed by atoms with Crippen molar-refractivity contribution >= 4 is 16.0 Å². The normalized spacial score (nSPS) is 11.2. The maximum Gasteiger partial charge on any atom is 0.320 e. The van der Waals surface area contributed by atoms with Crippen LogP contribution in [0.4, 0.5) is 0 Å². The van der Waals surface area contributed by atoms with E-state index in [1.807, 2.05) is 0 Å². The zero-order valence-electron chi connectivity index (χ0n) is 7.57. The van der Waals surface area contributed by atoms with Crippen LogP contribution >= 0.6 is 0 Å². The minimum Gasteiger partial charge on any atom is -0.468 e. The summed E-state index contributed by atoms with van der Waals surface area (Å²) in [6.45, 7) is -0.251. The predicted octanol–water partition coefficient (Wildman–Crippen LogP) is -1.27. The van der Waals surface area contributed by atoms with E-state index in [9.17, 15) is 13.2 Å². The number of rotatable bonds is 6. The largest absolute Gasteiger partial charge is 0.468 e. The molecule has 0 spiro atoms. The summed E-state index contributed by atoms with van der Waals surface area (Å²) < 4.78 is 32.9. The average Bonchev–Trinajstić information content (AvgIpc) is 2.11. The molecule has 78 valence electrons. The van der Waals surface area contributed by atoms with Crippen LogP contribution in [-0.4, -0.2) is 47.5 Å². The number of ether oxygens (including phenoxy) is 2. The molecule has 0 bridgehead atoms. The molecule has 0 saturated heterocycles. The van der Waals surface area contributed by atoms with Gasteiger partial charge in [-0.3, -0.25) is 4.79 Å². The minimum absolute atomic E-state index is 0.0938. The van der Waals surface area contributed by atoms with Crippen molar-refractivity contribution in [2.24, 2.45) is 0 Å². The summed E-state index contributed by atoms with van der Waals surface area (Å²) in [5.74, 6) is -0.790. The number of hydrogen-bond acceptors (Lipinski definition) is 5. The molecular formula is C6H13NO5S. The summed E-state index contributed by atoms with van der Waals surface area (Å²) in [4.78, 5) is 10.6. The maximum atomic E-state index is 11.0. The number of carbonyl (C=O) groups is 1. The zero-order chi connectivity index (χ0) is 10.3. The van der Waals surface area contributed by atoms with Gasteiger partial charge in [0.1, 0.15) is 6.54 Å². The van der Waals surface area contributed by atoms with Crippen molar-refractivity contribution in [3.05, 3.63) is 0 Å². The smallest absolute Gasteiger partial charge is 0.320 e. The summed E-state index contributed by atoms with van der Waals surface area (Å²) in [6.07, 6.45) is 0. The highest BCUT2D eigenvalue weighted by Gasteiger charge is 2.11. The van der Waals surface area contributed by atoms with Crippen molar-refractivity contribution in [3.8, 4) is 0 Å². The number of methoxy groups -OCH3 is 2. The molecule has 0 aliphatic rings. The van der Waals surface area contributed by atoms with Gasteiger partial charge in [-0.1, -0.05) is 0 Å². The van der Waals surface area contributed by atoms with E-state index in [2.05, 4.69) is 14.2 Å². The highest BCUT2D eigenvalue weighted by Crippen LogP contribution is 1.84. The Kier molecular flexibility index (Phi) is 5.60. The molecule has 0 amide bonds. The third-order valence-electron chi connectivity index (χ3n) is 1.22. The lowest BCUT2D eigenvalue weighted by molar-refractivity contribution is -0.139. The minimum atomic E-state index is -3.42. The third-order valence-corrected chi connectivity index (χ3v) is 2.51. The highest BCUT2D eigenvalue weighted by atomic mass is 32.2. The van der Waals surface area contributed by atoms with Gasteiger partial charge in [0.15, 0.2) is 0 Å². The van der Waals surface area contributed by atoms with Gasteiger partial charge in [0.05, 0.1) is 19.5 Å². The lowest BCUT2D eigenvalue weighted by atomic mass is 10.7. The standard InChI is InChI=1S/C6H13NO5S/c1-11-3-4-13(9,10)7-5-6(8)12-2/h7H,3-5H2,1-2H3. The zero-order valence-corrected chi connectivity index (χ0v) is 8.39. The SMILES string of the molecule is COCCS(=O)(=O)NCC(=O)OC. The second-order valence-electron chi connectivity index (χ2n) is 2.21.